The zero-order valence-electron chi connectivity index (χ0n) is 15.4. The van der Waals surface area contributed by atoms with Gasteiger partial charge in [0.2, 0.25) is 0 Å². The van der Waals surface area contributed by atoms with E-state index < -0.39 is 0 Å². The number of hydrogen-bond donors (Lipinski definition) is 1. The Bertz CT molecular complexity index is 784. The van der Waals surface area contributed by atoms with Crippen molar-refractivity contribution in [2.24, 2.45) is 0 Å². The number of nitrogens with two attached hydrogens (primary N) is 1. The molecule has 4 nitrogen and oxygen atoms in total. The first-order valence-electron chi connectivity index (χ1n) is 8.11. The van der Waals surface area contributed by atoms with E-state index >= 15 is 0 Å². The molecule has 0 saturated heterocycles. The lowest BCUT2D eigenvalue weighted by molar-refractivity contribution is 0.104. The molecule has 0 aliphatic carbocycles. The molecule has 2 aromatic rings. The van der Waals surface area contributed by atoms with Gasteiger partial charge in [-0.2, -0.15) is 0 Å². The van der Waals surface area contributed by atoms with Crippen molar-refractivity contribution in [3.8, 4) is 11.5 Å². The number of rotatable bonds is 5. The fraction of sp³-hybridized carbons (Fsp3) is 0.286. The third-order valence-corrected chi connectivity index (χ3v) is 3.98. The highest BCUT2D eigenvalue weighted by molar-refractivity contribution is 6.07. The highest BCUT2D eigenvalue weighted by Gasteiger charge is 2.22. The van der Waals surface area contributed by atoms with Crippen molar-refractivity contribution in [2.45, 2.75) is 26.2 Å². The van der Waals surface area contributed by atoms with Gasteiger partial charge in [-0.25, -0.2) is 0 Å². The number of carbonyl (C=O) groups excluding carboxylic acids is 1. The van der Waals surface area contributed by atoms with Crippen LogP contribution in [0.15, 0.2) is 42.5 Å². The summed E-state index contributed by atoms with van der Waals surface area (Å²) in [5, 5.41) is 0. The minimum Gasteiger partial charge on any atom is -0.496 e. The van der Waals surface area contributed by atoms with Crippen molar-refractivity contribution in [3.63, 3.8) is 0 Å². The van der Waals surface area contributed by atoms with E-state index in [-0.39, 0.29) is 11.2 Å². The maximum absolute atomic E-state index is 12.4. The van der Waals surface area contributed by atoms with Crippen LogP contribution in [0.3, 0.4) is 0 Å². The molecule has 0 amide bonds. The van der Waals surface area contributed by atoms with Crippen molar-refractivity contribution in [2.75, 3.05) is 20.0 Å². The molecule has 0 bridgehead atoms. The van der Waals surface area contributed by atoms with Gasteiger partial charge >= 0.3 is 0 Å². The van der Waals surface area contributed by atoms with Gasteiger partial charge in [-0.05, 0) is 47.9 Å². The molecule has 0 atom stereocenters. The van der Waals surface area contributed by atoms with E-state index in [0.29, 0.717) is 22.7 Å². The molecule has 0 aliphatic rings. The van der Waals surface area contributed by atoms with Crippen LogP contribution in [0.4, 0.5) is 5.69 Å². The molecular formula is C21H25NO3. The monoisotopic (exact) mass is 339 g/mol. The first-order chi connectivity index (χ1) is 11.8. The maximum Gasteiger partial charge on any atom is 0.185 e. The summed E-state index contributed by atoms with van der Waals surface area (Å²) in [6, 6.07) is 10.7. The minimum absolute atomic E-state index is 0.0961. The molecule has 0 unspecified atom stereocenters. The molecule has 0 aromatic heterocycles. The topological polar surface area (TPSA) is 61.5 Å². The smallest absolute Gasteiger partial charge is 0.185 e. The third-order valence-electron chi connectivity index (χ3n) is 3.98. The highest BCUT2D eigenvalue weighted by Crippen LogP contribution is 2.39. The summed E-state index contributed by atoms with van der Waals surface area (Å²) in [5.41, 5.74) is 8.57. The normalized spacial score (nSPS) is 11.6. The molecule has 0 aliphatic heterocycles. The lowest BCUT2D eigenvalue weighted by atomic mass is 9.85. The van der Waals surface area contributed by atoms with Gasteiger partial charge in [0.25, 0.3) is 0 Å². The fourth-order valence-electron chi connectivity index (χ4n) is 2.63. The molecule has 0 radical (unpaired) electrons. The Hall–Kier alpha value is -2.75. The molecule has 4 heteroatoms. The van der Waals surface area contributed by atoms with Gasteiger partial charge in [0, 0.05) is 16.8 Å². The van der Waals surface area contributed by atoms with E-state index in [1.807, 2.05) is 12.1 Å². The largest absolute Gasteiger partial charge is 0.496 e. The molecule has 2 aromatic carbocycles. The zero-order valence-corrected chi connectivity index (χ0v) is 15.4. The lowest BCUT2D eigenvalue weighted by Gasteiger charge is -2.24. The number of ketones is 1. The molecule has 0 fully saturated rings. The van der Waals surface area contributed by atoms with Crippen LogP contribution in [0.1, 0.15) is 42.3 Å². The first-order valence-corrected chi connectivity index (χ1v) is 8.11. The molecule has 0 heterocycles. The molecule has 0 spiro atoms. The van der Waals surface area contributed by atoms with E-state index in [1.54, 1.807) is 44.6 Å². The molecule has 25 heavy (non-hydrogen) atoms. The van der Waals surface area contributed by atoms with Gasteiger partial charge in [-0.1, -0.05) is 26.8 Å². The Morgan fingerprint density at radius 1 is 1.00 bits per heavy atom. The number of carbonyl (C=O) groups is 1. The molecule has 2 rings (SSSR count). The number of benzene rings is 2. The van der Waals surface area contributed by atoms with E-state index in [9.17, 15) is 4.79 Å². The second-order valence-corrected chi connectivity index (χ2v) is 6.83. The Kier molecular flexibility index (Phi) is 5.52. The summed E-state index contributed by atoms with van der Waals surface area (Å²) >= 11 is 0. The summed E-state index contributed by atoms with van der Waals surface area (Å²) < 4.78 is 11.1. The van der Waals surface area contributed by atoms with Crippen molar-refractivity contribution >= 4 is 17.5 Å². The summed E-state index contributed by atoms with van der Waals surface area (Å²) in [4.78, 5) is 12.4. The van der Waals surface area contributed by atoms with Crippen molar-refractivity contribution in [1.82, 2.24) is 0 Å². The summed E-state index contributed by atoms with van der Waals surface area (Å²) in [7, 11) is 3.23. The third kappa shape index (κ3) is 4.21. The Labute approximate surface area is 149 Å². The number of ether oxygens (including phenoxy) is 2. The Balaban J connectivity index is 2.46. The number of anilines is 1. The second-order valence-electron chi connectivity index (χ2n) is 6.83. The van der Waals surface area contributed by atoms with Crippen LogP contribution in [-0.2, 0) is 5.41 Å². The maximum atomic E-state index is 12.4. The average molecular weight is 339 g/mol. The highest BCUT2D eigenvalue weighted by atomic mass is 16.5. The van der Waals surface area contributed by atoms with E-state index in [1.165, 1.54) is 6.08 Å². The van der Waals surface area contributed by atoms with E-state index in [0.717, 1.165) is 11.1 Å². The number of nitrogen functional groups attached to an aromatic ring is 1. The van der Waals surface area contributed by atoms with Gasteiger partial charge in [0.1, 0.15) is 11.5 Å². The molecular weight excluding hydrogens is 314 g/mol. The summed E-state index contributed by atoms with van der Waals surface area (Å²) in [6.45, 7) is 6.35. The van der Waals surface area contributed by atoms with E-state index in [4.69, 9.17) is 15.2 Å². The quantitative estimate of drug-likeness (QED) is 0.496. The van der Waals surface area contributed by atoms with Crippen LogP contribution >= 0.6 is 0 Å². The van der Waals surface area contributed by atoms with Gasteiger partial charge in [-0.3, -0.25) is 4.79 Å². The van der Waals surface area contributed by atoms with Gasteiger partial charge in [0.05, 0.1) is 19.8 Å². The number of methoxy groups -OCH3 is 2. The number of hydrogen-bond acceptors (Lipinski definition) is 4. The predicted molar refractivity (Wildman–Crippen MR) is 102 cm³/mol. The zero-order chi connectivity index (χ0) is 18.6. The lowest BCUT2D eigenvalue weighted by Crippen LogP contribution is -2.13. The van der Waals surface area contributed by atoms with Crippen LogP contribution < -0.4 is 15.2 Å². The van der Waals surface area contributed by atoms with Gasteiger partial charge in [0.15, 0.2) is 5.78 Å². The van der Waals surface area contributed by atoms with E-state index in [2.05, 4.69) is 20.8 Å². The number of allylic oxidation sites excluding steroid dienone is 1. The molecule has 2 N–H and O–H groups in total. The minimum atomic E-state index is -0.106. The van der Waals surface area contributed by atoms with Crippen LogP contribution in [0.5, 0.6) is 11.5 Å². The van der Waals surface area contributed by atoms with Crippen molar-refractivity contribution in [1.29, 1.82) is 0 Å². The van der Waals surface area contributed by atoms with Gasteiger partial charge in [-0.15, -0.1) is 0 Å². The Morgan fingerprint density at radius 2 is 1.64 bits per heavy atom. The van der Waals surface area contributed by atoms with Gasteiger partial charge < -0.3 is 15.2 Å². The summed E-state index contributed by atoms with van der Waals surface area (Å²) in [6.07, 6.45) is 3.27. The molecule has 132 valence electrons. The van der Waals surface area contributed by atoms with Crippen LogP contribution in [-0.4, -0.2) is 20.0 Å². The van der Waals surface area contributed by atoms with Crippen molar-refractivity contribution in [3.05, 3.63) is 59.2 Å². The predicted octanol–water partition coefficient (Wildman–Crippen LogP) is 4.48. The second kappa shape index (κ2) is 7.43. The molecule has 0 saturated carbocycles. The van der Waals surface area contributed by atoms with Crippen LogP contribution in [0.2, 0.25) is 0 Å². The van der Waals surface area contributed by atoms with Crippen LogP contribution in [0, 0.1) is 0 Å². The fourth-order valence-corrected chi connectivity index (χ4v) is 2.63. The van der Waals surface area contributed by atoms with Crippen LogP contribution in [0.25, 0.3) is 6.08 Å². The standard InChI is InChI=1S/C21H25NO3/c1-21(2,3)17-11-13-19(24-4)16(20(17)25-5)10-12-18(23)14-6-8-15(22)9-7-14/h6-13H,22H2,1-5H3/b12-10+. The average Bonchev–Trinajstić information content (AvgIpc) is 2.58. The summed E-state index contributed by atoms with van der Waals surface area (Å²) in [5.74, 6) is 1.27. The van der Waals surface area contributed by atoms with Crippen molar-refractivity contribution < 1.29 is 14.3 Å². The first kappa shape index (κ1) is 18.6. The SMILES string of the molecule is COc1ccc(C(C)(C)C)c(OC)c1/C=C/C(=O)c1ccc(N)cc1. The Morgan fingerprint density at radius 3 is 2.16 bits per heavy atom.